The summed E-state index contributed by atoms with van der Waals surface area (Å²) in [6.07, 6.45) is -5.78. The number of carbonyl (C=O) groups is 2. The first kappa shape index (κ1) is 32.1. The van der Waals surface area contributed by atoms with E-state index in [0.29, 0.717) is 16.4 Å². The molecular weight excluding hydrogens is 630 g/mol. The Morgan fingerprint density at radius 1 is 0.956 bits per heavy atom. The van der Waals surface area contributed by atoms with Crippen molar-refractivity contribution >= 4 is 27.6 Å². The van der Waals surface area contributed by atoms with E-state index in [1.165, 1.54) is 4.90 Å². The van der Waals surface area contributed by atoms with E-state index in [2.05, 4.69) is 0 Å². The van der Waals surface area contributed by atoms with E-state index in [1.54, 1.807) is 0 Å². The lowest BCUT2D eigenvalue weighted by Crippen LogP contribution is -2.45. The maximum absolute atomic E-state index is 15.6. The average Bonchev–Trinajstić information content (AvgIpc) is 3.00. The molecule has 2 heterocycles. The minimum atomic E-state index is -4.87. The largest absolute Gasteiger partial charge is 0.483 e. The van der Waals surface area contributed by atoms with Gasteiger partial charge in [-0.2, -0.15) is 13.2 Å². The van der Waals surface area contributed by atoms with Crippen LogP contribution >= 0.6 is 0 Å². The van der Waals surface area contributed by atoms with Gasteiger partial charge in [-0.05, 0) is 61.2 Å². The summed E-state index contributed by atoms with van der Waals surface area (Å²) in [7, 11) is -4.83. The molecule has 0 bridgehead atoms. The van der Waals surface area contributed by atoms with Gasteiger partial charge in [-0.1, -0.05) is 18.2 Å². The van der Waals surface area contributed by atoms with Crippen molar-refractivity contribution in [1.82, 2.24) is 4.90 Å². The zero-order valence-electron chi connectivity index (χ0n) is 23.4. The summed E-state index contributed by atoms with van der Waals surface area (Å²) in [5.41, 5.74) is -2.35. The summed E-state index contributed by atoms with van der Waals surface area (Å²) < 4.78 is 119. The molecule has 1 unspecified atom stereocenters. The number of rotatable bonds is 7. The third kappa shape index (κ3) is 6.58. The second-order valence-corrected chi connectivity index (χ2v) is 12.6. The standard InChI is InChI=1S/C30H26F6N2O6S/c31-23-6-2-5-22(27(23)33)18-13-24(32)28-25(14-18)38(45(42,43)21-4-1-3-19(15-21)30(34,35)36)16-20(44-28)7-8-26(39)37-11-9-17(10-12-37)29(40)41/h1-6,13-15,17,20H,7-12,16H2,(H,40,41). The fraction of sp³-hybridized carbons (Fsp3) is 0.333. The third-order valence-electron chi connectivity index (χ3n) is 7.84. The van der Waals surface area contributed by atoms with E-state index in [9.17, 15) is 45.1 Å². The van der Waals surface area contributed by atoms with E-state index < -0.39 is 85.6 Å². The highest BCUT2D eigenvalue weighted by atomic mass is 32.2. The summed E-state index contributed by atoms with van der Waals surface area (Å²) in [6.45, 7) is -0.142. The lowest BCUT2D eigenvalue weighted by atomic mass is 9.96. The average molecular weight is 657 g/mol. The van der Waals surface area contributed by atoms with Crippen molar-refractivity contribution in [3.8, 4) is 16.9 Å². The molecule has 1 amide bonds. The molecule has 5 rings (SSSR count). The first-order valence-electron chi connectivity index (χ1n) is 13.8. The quantitative estimate of drug-likeness (QED) is 0.320. The van der Waals surface area contributed by atoms with Gasteiger partial charge in [0.25, 0.3) is 10.0 Å². The summed E-state index contributed by atoms with van der Waals surface area (Å²) >= 11 is 0. The molecule has 240 valence electrons. The number of fused-ring (bicyclic) bond motifs is 1. The summed E-state index contributed by atoms with van der Waals surface area (Å²) in [4.78, 5) is 24.8. The second kappa shape index (κ2) is 12.3. The van der Waals surface area contributed by atoms with Gasteiger partial charge in [0.2, 0.25) is 5.91 Å². The molecule has 2 aliphatic rings. The summed E-state index contributed by atoms with van der Waals surface area (Å²) in [5, 5.41) is 9.18. The Kier molecular flexibility index (Phi) is 8.75. The molecule has 45 heavy (non-hydrogen) atoms. The fourth-order valence-electron chi connectivity index (χ4n) is 5.41. The normalized spacial score (nSPS) is 17.5. The zero-order chi connectivity index (χ0) is 32.7. The topological polar surface area (TPSA) is 104 Å². The molecule has 8 nitrogen and oxygen atoms in total. The van der Waals surface area contributed by atoms with Crippen molar-refractivity contribution in [2.75, 3.05) is 23.9 Å². The van der Waals surface area contributed by atoms with Crippen molar-refractivity contribution in [2.45, 2.75) is 42.9 Å². The highest BCUT2D eigenvalue weighted by Crippen LogP contribution is 2.43. The molecule has 1 fully saturated rings. The number of anilines is 1. The summed E-state index contributed by atoms with van der Waals surface area (Å²) in [6, 6.07) is 7.94. The van der Waals surface area contributed by atoms with Crippen LogP contribution in [0.2, 0.25) is 0 Å². The SMILES string of the molecule is O=C(O)C1CCN(C(=O)CCC2CN(S(=O)(=O)c3cccc(C(F)(F)F)c3)c3cc(-c4cccc(F)c4F)cc(F)c3O2)CC1. The lowest BCUT2D eigenvalue weighted by molar-refractivity contribution is -0.145. The van der Waals surface area contributed by atoms with Gasteiger partial charge in [0.1, 0.15) is 6.10 Å². The molecule has 0 spiro atoms. The van der Waals surface area contributed by atoms with Crippen LogP contribution in [0.4, 0.5) is 32.0 Å². The molecule has 3 aromatic carbocycles. The van der Waals surface area contributed by atoms with Crippen molar-refractivity contribution < 1.29 is 54.2 Å². The maximum atomic E-state index is 15.6. The number of hydrogen-bond acceptors (Lipinski definition) is 5. The number of ether oxygens (including phenoxy) is 1. The van der Waals surface area contributed by atoms with Crippen LogP contribution < -0.4 is 9.04 Å². The number of hydrogen-bond donors (Lipinski definition) is 1. The highest BCUT2D eigenvalue weighted by molar-refractivity contribution is 7.92. The molecule has 1 atom stereocenters. The predicted octanol–water partition coefficient (Wildman–Crippen LogP) is 5.85. The molecule has 15 heteroatoms. The second-order valence-electron chi connectivity index (χ2n) is 10.7. The Labute approximate surface area is 253 Å². The number of piperidine rings is 1. The minimum Gasteiger partial charge on any atom is -0.483 e. The highest BCUT2D eigenvalue weighted by Gasteiger charge is 2.39. The van der Waals surface area contributed by atoms with Gasteiger partial charge in [-0.15, -0.1) is 0 Å². The summed E-state index contributed by atoms with van der Waals surface area (Å²) in [5.74, 6) is -6.21. The Bertz CT molecular complexity index is 1740. The van der Waals surface area contributed by atoms with E-state index in [-0.39, 0.29) is 50.2 Å². The van der Waals surface area contributed by atoms with Crippen LogP contribution in [0.1, 0.15) is 31.2 Å². The maximum Gasteiger partial charge on any atom is 0.416 e. The molecule has 3 aromatic rings. The van der Waals surface area contributed by atoms with Gasteiger partial charge < -0.3 is 14.7 Å². The first-order chi connectivity index (χ1) is 21.2. The van der Waals surface area contributed by atoms with Crippen LogP contribution in [0, 0.1) is 23.4 Å². The molecule has 0 aromatic heterocycles. The van der Waals surface area contributed by atoms with E-state index >= 15 is 4.39 Å². The lowest BCUT2D eigenvalue weighted by Gasteiger charge is -2.36. The number of alkyl halides is 3. The van der Waals surface area contributed by atoms with Crippen molar-refractivity contribution in [1.29, 1.82) is 0 Å². The number of amides is 1. The first-order valence-corrected chi connectivity index (χ1v) is 15.3. The number of carbonyl (C=O) groups excluding carboxylic acids is 1. The molecule has 0 saturated carbocycles. The number of carboxylic acids is 1. The van der Waals surface area contributed by atoms with Gasteiger partial charge in [0, 0.05) is 25.1 Å². The minimum absolute atomic E-state index is 0.120. The number of likely N-dealkylation sites (tertiary alicyclic amines) is 1. The third-order valence-corrected chi connectivity index (χ3v) is 9.61. The Balaban J connectivity index is 1.49. The zero-order valence-corrected chi connectivity index (χ0v) is 24.2. The van der Waals surface area contributed by atoms with Crippen LogP contribution in [0.3, 0.4) is 0 Å². The van der Waals surface area contributed by atoms with Gasteiger partial charge in [0.15, 0.2) is 23.2 Å². The predicted molar refractivity (Wildman–Crippen MR) is 148 cm³/mol. The Morgan fingerprint density at radius 3 is 2.31 bits per heavy atom. The molecular formula is C30H26F6N2O6S. The number of halogens is 6. The molecule has 1 saturated heterocycles. The van der Waals surface area contributed by atoms with Gasteiger partial charge >= 0.3 is 12.1 Å². The van der Waals surface area contributed by atoms with E-state index in [4.69, 9.17) is 4.74 Å². The Hall–Kier alpha value is -4.27. The van der Waals surface area contributed by atoms with Gasteiger partial charge in [-0.25, -0.2) is 21.6 Å². The van der Waals surface area contributed by atoms with Gasteiger partial charge in [0.05, 0.1) is 28.6 Å². The van der Waals surface area contributed by atoms with Crippen molar-refractivity contribution in [2.24, 2.45) is 5.92 Å². The fourth-order valence-corrected chi connectivity index (χ4v) is 6.94. The number of benzene rings is 3. The van der Waals surface area contributed by atoms with Crippen molar-refractivity contribution in [3.63, 3.8) is 0 Å². The van der Waals surface area contributed by atoms with Crippen LogP contribution in [0.5, 0.6) is 5.75 Å². The molecule has 2 aliphatic heterocycles. The van der Waals surface area contributed by atoms with E-state index in [0.717, 1.165) is 42.5 Å². The smallest absolute Gasteiger partial charge is 0.416 e. The molecule has 1 N–H and O–H groups in total. The number of carboxylic acid groups (broad SMARTS) is 1. The Morgan fingerprint density at radius 2 is 1.64 bits per heavy atom. The number of sulfonamides is 1. The van der Waals surface area contributed by atoms with Crippen molar-refractivity contribution in [3.05, 3.63) is 77.6 Å². The van der Waals surface area contributed by atoms with Crippen LogP contribution in [0.15, 0.2) is 59.5 Å². The van der Waals surface area contributed by atoms with Gasteiger partial charge in [-0.3, -0.25) is 13.9 Å². The van der Waals surface area contributed by atoms with Crippen LogP contribution in [-0.4, -0.2) is 56.0 Å². The van der Waals surface area contributed by atoms with Crippen LogP contribution in [-0.2, 0) is 25.8 Å². The monoisotopic (exact) mass is 656 g/mol. The van der Waals surface area contributed by atoms with E-state index in [1.807, 2.05) is 0 Å². The number of aliphatic carboxylic acids is 1. The molecule has 0 radical (unpaired) electrons. The molecule has 0 aliphatic carbocycles. The van der Waals surface area contributed by atoms with Crippen LogP contribution in [0.25, 0.3) is 11.1 Å². The number of nitrogens with zero attached hydrogens (tertiary/aromatic N) is 2.